The summed E-state index contributed by atoms with van der Waals surface area (Å²) in [6, 6.07) is 12.1. The molecule has 2 aromatic rings. The zero-order valence-corrected chi connectivity index (χ0v) is 15.7. The topological polar surface area (TPSA) is 108 Å². The number of carbonyl (C=O) groups excluding carboxylic acids is 3. The third-order valence-electron chi connectivity index (χ3n) is 4.61. The molecule has 152 valence electrons. The molecule has 0 unspecified atom stereocenters. The molecule has 1 saturated heterocycles. The summed E-state index contributed by atoms with van der Waals surface area (Å²) in [5, 5.41) is 5.23. The molecule has 0 radical (unpaired) electrons. The monoisotopic (exact) mass is 399 g/mol. The number of amides is 4. The molecule has 9 heteroatoms. The van der Waals surface area contributed by atoms with Gasteiger partial charge in [-0.3, -0.25) is 9.59 Å². The molecule has 2 aromatic carbocycles. The summed E-state index contributed by atoms with van der Waals surface area (Å²) < 4.78 is 13.0. The van der Waals surface area contributed by atoms with E-state index in [1.54, 1.807) is 29.2 Å². The molecule has 0 aliphatic carbocycles. The average Bonchev–Trinajstić information content (AvgIpc) is 2.73. The molecule has 0 aromatic heterocycles. The highest BCUT2D eigenvalue weighted by Crippen LogP contribution is 2.17. The zero-order chi connectivity index (χ0) is 20.8. The minimum absolute atomic E-state index is 0.172. The van der Waals surface area contributed by atoms with Gasteiger partial charge >= 0.3 is 6.03 Å². The molecule has 1 fully saturated rings. The van der Waals surface area contributed by atoms with Crippen LogP contribution in [0.25, 0.3) is 0 Å². The fourth-order valence-corrected chi connectivity index (χ4v) is 3.01. The molecule has 4 amide bonds. The lowest BCUT2D eigenvalue weighted by atomic mass is 10.2. The van der Waals surface area contributed by atoms with Crippen LogP contribution in [0.4, 0.5) is 20.6 Å². The van der Waals surface area contributed by atoms with Gasteiger partial charge in [0.25, 0.3) is 0 Å². The Morgan fingerprint density at radius 1 is 0.931 bits per heavy atom. The molecule has 29 heavy (non-hydrogen) atoms. The summed E-state index contributed by atoms with van der Waals surface area (Å²) >= 11 is 0. The van der Waals surface area contributed by atoms with Crippen molar-refractivity contribution >= 4 is 29.2 Å². The molecule has 1 aliphatic heterocycles. The number of nitrogens with one attached hydrogen (secondary N) is 2. The van der Waals surface area contributed by atoms with Crippen molar-refractivity contribution in [1.29, 1.82) is 0 Å². The minimum Gasteiger partial charge on any atom is -0.368 e. The van der Waals surface area contributed by atoms with Crippen LogP contribution in [0.5, 0.6) is 0 Å². The third kappa shape index (κ3) is 5.44. The van der Waals surface area contributed by atoms with Gasteiger partial charge < -0.3 is 26.2 Å². The fraction of sp³-hybridized carbons (Fsp3) is 0.250. The highest BCUT2D eigenvalue weighted by Gasteiger charge is 2.21. The highest BCUT2D eigenvalue weighted by atomic mass is 19.1. The first kappa shape index (κ1) is 20.1. The van der Waals surface area contributed by atoms with Gasteiger partial charge in [0, 0.05) is 43.1 Å². The van der Waals surface area contributed by atoms with Crippen LogP contribution in [0.2, 0.25) is 0 Å². The van der Waals surface area contributed by atoms with Gasteiger partial charge in [-0.2, -0.15) is 0 Å². The van der Waals surface area contributed by atoms with Crippen molar-refractivity contribution in [2.45, 2.75) is 0 Å². The number of nitrogens with two attached hydrogens (primary N) is 1. The number of hydrogen-bond donors (Lipinski definition) is 3. The second-order valence-corrected chi connectivity index (χ2v) is 6.60. The molecule has 8 nitrogen and oxygen atoms in total. The number of halogens is 1. The van der Waals surface area contributed by atoms with E-state index in [0.29, 0.717) is 37.4 Å². The lowest BCUT2D eigenvalue weighted by molar-refractivity contribution is -0.115. The molecule has 1 aliphatic rings. The van der Waals surface area contributed by atoms with E-state index < -0.39 is 5.91 Å². The van der Waals surface area contributed by atoms with Gasteiger partial charge in [-0.25, -0.2) is 9.18 Å². The number of primary amides is 1. The Morgan fingerprint density at radius 3 is 2.14 bits per heavy atom. The summed E-state index contributed by atoms with van der Waals surface area (Å²) in [5.41, 5.74) is 6.92. The van der Waals surface area contributed by atoms with Crippen LogP contribution < -0.4 is 21.3 Å². The summed E-state index contributed by atoms with van der Waals surface area (Å²) in [4.78, 5) is 39.0. The number of urea groups is 1. The Morgan fingerprint density at radius 2 is 1.55 bits per heavy atom. The quantitative estimate of drug-likeness (QED) is 0.706. The zero-order valence-electron chi connectivity index (χ0n) is 15.7. The van der Waals surface area contributed by atoms with Crippen molar-refractivity contribution < 1.29 is 18.8 Å². The smallest absolute Gasteiger partial charge is 0.317 e. The number of anilines is 2. The normalized spacial score (nSPS) is 13.7. The molecule has 0 bridgehead atoms. The van der Waals surface area contributed by atoms with Crippen LogP contribution in [-0.4, -0.2) is 55.5 Å². The van der Waals surface area contributed by atoms with E-state index in [-0.39, 0.29) is 24.3 Å². The number of carbonyl (C=O) groups is 3. The Kier molecular flexibility index (Phi) is 6.28. The van der Waals surface area contributed by atoms with E-state index in [0.717, 1.165) is 5.69 Å². The minimum atomic E-state index is -0.547. The van der Waals surface area contributed by atoms with Gasteiger partial charge in [0.15, 0.2) is 0 Å². The SMILES string of the molecule is NC(=O)c1ccc(NC(=O)CNC(=O)N2CCN(c3ccc(F)cc3)CC2)cc1. The van der Waals surface area contributed by atoms with Crippen LogP contribution >= 0.6 is 0 Å². The number of benzene rings is 2. The Balaban J connectivity index is 1.42. The van der Waals surface area contributed by atoms with Crippen molar-refractivity contribution in [2.75, 3.05) is 42.9 Å². The molecular weight excluding hydrogens is 377 g/mol. The lowest BCUT2D eigenvalue weighted by Crippen LogP contribution is -2.52. The fourth-order valence-electron chi connectivity index (χ4n) is 3.01. The number of piperazine rings is 1. The van der Waals surface area contributed by atoms with E-state index in [1.165, 1.54) is 24.3 Å². The Bertz CT molecular complexity index is 878. The highest BCUT2D eigenvalue weighted by molar-refractivity contribution is 5.96. The van der Waals surface area contributed by atoms with Gasteiger partial charge in [-0.1, -0.05) is 0 Å². The number of rotatable bonds is 5. The lowest BCUT2D eigenvalue weighted by Gasteiger charge is -2.36. The molecular formula is C20H22FN5O3. The van der Waals surface area contributed by atoms with Crippen LogP contribution in [-0.2, 0) is 4.79 Å². The van der Waals surface area contributed by atoms with Crippen LogP contribution in [0, 0.1) is 5.82 Å². The molecule has 0 saturated carbocycles. The second kappa shape index (κ2) is 9.05. The van der Waals surface area contributed by atoms with E-state index in [9.17, 15) is 18.8 Å². The summed E-state index contributed by atoms with van der Waals surface area (Å²) in [7, 11) is 0. The van der Waals surface area contributed by atoms with Gasteiger partial charge in [0.1, 0.15) is 5.82 Å². The predicted molar refractivity (Wildman–Crippen MR) is 107 cm³/mol. The molecule has 0 spiro atoms. The predicted octanol–water partition coefficient (Wildman–Crippen LogP) is 1.39. The van der Waals surface area contributed by atoms with E-state index in [2.05, 4.69) is 15.5 Å². The van der Waals surface area contributed by atoms with Crippen LogP contribution in [0.1, 0.15) is 10.4 Å². The van der Waals surface area contributed by atoms with Gasteiger partial charge in [-0.15, -0.1) is 0 Å². The van der Waals surface area contributed by atoms with Gasteiger partial charge in [0.05, 0.1) is 6.54 Å². The molecule has 1 heterocycles. The maximum atomic E-state index is 13.0. The van der Waals surface area contributed by atoms with E-state index >= 15 is 0 Å². The maximum absolute atomic E-state index is 13.0. The van der Waals surface area contributed by atoms with E-state index in [1.807, 2.05) is 0 Å². The molecule has 3 rings (SSSR count). The first-order chi connectivity index (χ1) is 13.9. The Labute approximate surface area is 167 Å². The number of nitrogens with zero attached hydrogens (tertiary/aromatic N) is 2. The third-order valence-corrected chi connectivity index (χ3v) is 4.61. The molecule has 0 atom stereocenters. The van der Waals surface area contributed by atoms with Crippen molar-refractivity contribution in [3.63, 3.8) is 0 Å². The van der Waals surface area contributed by atoms with Crippen LogP contribution in [0.15, 0.2) is 48.5 Å². The molecule has 4 N–H and O–H groups in total. The standard InChI is InChI=1S/C20H22FN5O3/c21-15-3-7-17(8-4-15)25-9-11-26(12-10-25)20(29)23-13-18(27)24-16-5-1-14(2-6-16)19(22)28/h1-8H,9-13H2,(H2,22,28)(H,23,29)(H,24,27). The van der Waals surface area contributed by atoms with E-state index in [4.69, 9.17) is 5.73 Å². The summed E-state index contributed by atoms with van der Waals surface area (Å²) in [5.74, 6) is -1.21. The van der Waals surface area contributed by atoms with Crippen molar-refractivity contribution in [1.82, 2.24) is 10.2 Å². The first-order valence-electron chi connectivity index (χ1n) is 9.15. The Hall–Kier alpha value is -3.62. The second-order valence-electron chi connectivity index (χ2n) is 6.60. The van der Waals surface area contributed by atoms with Crippen molar-refractivity contribution in [3.05, 3.63) is 59.9 Å². The first-order valence-corrected chi connectivity index (χ1v) is 9.15. The van der Waals surface area contributed by atoms with Crippen molar-refractivity contribution in [2.24, 2.45) is 5.73 Å². The largest absolute Gasteiger partial charge is 0.368 e. The van der Waals surface area contributed by atoms with Crippen LogP contribution in [0.3, 0.4) is 0 Å². The average molecular weight is 399 g/mol. The van der Waals surface area contributed by atoms with Gasteiger partial charge in [-0.05, 0) is 48.5 Å². The summed E-state index contributed by atoms with van der Waals surface area (Å²) in [6.07, 6.45) is 0. The number of hydrogen-bond acceptors (Lipinski definition) is 4. The van der Waals surface area contributed by atoms with Crippen molar-refractivity contribution in [3.8, 4) is 0 Å². The maximum Gasteiger partial charge on any atom is 0.317 e. The van der Waals surface area contributed by atoms with Gasteiger partial charge in [0.2, 0.25) is 11.8 Å². The summed E-state index contributed by atoms with van der Waals surface area (Å²) in [6.45, 7) is 2.07.